The van der Waals surface area contributed by atoms with Crippen LogP contribution in [0.3, 0.4) is 0 Å². The number of benzene rings is 1. The zero-order chi connectivity index (χ0) is 16.4. The molecule has 0 saturated carbocycles. The maximum Gasteiger partial charge on any atom is 0.242 e. The van der Waals surface area contributed by atoms with E-state index in [1.54, 1.807) is 4.90 Å². The van der Waals surface area contributed by atoms with E-state index in [2.05, 4.69) is 4.72 Å². The average Bonchev–Trinajstić information content (AvgIpc) is 3.19. The minimum absolute atomic E-state index is 0.0780. The van der Waals surface area contributed by atoms with Crippen LogP contribution in [-0.4, -0.2) is 59.1 Å². The zero-order valence-electron chi connectivity index (χ0n) is 12.9. The first-order valence-electron chi connectivity index (χ1n) is 7.50. The van der Waals surface area contributed by atoms with Crippen molar-refractivity contribution in [3.05, 3.63) is 29.8 Å². The SMILES string of the molecule is COC1COCC1S(=O)(=O)NCC(=O)N1CCc2ccccc21. The molecule has 126 valence electrons. The third-order valence-corrected chi connectivity index (χ3v) is 6.08. The van der Waals surface area contributed by atoms with Crippen LogP contribution >= 0.6 is 0 Å². The van der Waals surface area contributed by atoms with E-state index in [0.29, 0.717) is 6.54 Å². The van der Waals surface area contributed by atoms with Crippen molar-refractivity contribution in [2.75, 3.05) is 38.3 Å². The maximum absolute atomic E-state index is 12.4. The number of rotatable bonds is 5. The van der Waals surface area contributed by atoms with Crippen LogP contribution in [0.5, 0.6) is 0 Å². The Bertz CT molecular complexity index is 691. The van der Waals surface area contributed by atoms with Gasteiger partial charge in [0.2, 0.25) is 15.9 Å². The van der Waals surface area contributed by atoms with Crippen molar-refractivity contribution < 1.29 is 22.7 Å². The van der Waals surface area contributed by atoms with Gasteiger partial charge in [0.15, 0.2) is 0 Å². The number of anilines is 1. The highest BCUT2D eigenvalue weighted by Gasteiger charge is 2.39. The molecule has 0 bridgehead atoms. The van der Waals surface area contributed by atoms with Crippen LogP contribution < -0.4 is 9.62 Å². The van der Waals surface area contributed by atoms with E-state index in [1.807, 2.05) is 24.3 Å². The molecule has 0 spiro atoms. The van der Waals surface area contributed by atoms with Crippen LogP contribution in [0, 0.1) is 0 Å². The molecule has 0 aromatic heterocycles. The van der Waals surface area contributed by atoms with Crippen molar-refractivity contribution in [2.24, 2.45) is 0 Å². The maximum atomic E-state index is 12.4. The predicted molar refractivity (Wildman–Crippen MR) is 84.8 cm³/mol. The lowest BCUT2D eigenvalue weighted by molar-refractivity contribution is -0.117. The van der Waals surface area contributed by atoms with E-state index in [0.717, 1.165) is 17.7 Å². The normalized spacial score (nSPS) is 24.0. The molecule has 1 fully saturated rings. The van der Waals surface area contributed by atoms with E-state index >= 15 is 0 Å². The molecular formula is C15H20N2O5S. The third-order valence-electron chi connectivity index (χ3n) is 4.29. The second-order valence-electron chi connectivity index (χ2n) is 5.64. The summed E-state index contributed by atoms with van der Waals surface area (Å²) in [6, 6.07) is 7.65. The number of fused-ring (bicyclic) bond motifs is 1. The minimum Gasteiger partial charge on any atom is -0.378 e. The standard InChI is InChI=1S/C15H20N2O5S/c1-21-13-9-22-10-14(13)23(19,20)16-8-15(18)17-7-6-11-4-2-3-5-12(11)17/h2-5,13-14,16H,6-10H2,1H3. The van der Waals surface area contributed by atoms with Gasteiger partial charge in [0.05, 0.1) is 19.8 Å². The Morgan fingerprint density at radius 1 is 1.39 bits per heavy atom. The number of hydrogen-bond donors (Lipinski definition) is 1. The third kappa shape index (κ3) is 3.25. The lowest BCUT2D eigenvalue weighted by Gasteiger charge is -2.20. The fourth-order valence-electron chi connectivity index (χ4n) is 2.99. The van der Waals surface area contributed by atoms with Crippen molar-refractivity contribution in [3.8, 4) is 0 Å². The fraction of sp³-hybridized carbons (Fsp3) is 0.533. The summed E-state index contributed by atoms with van der Waals surface area (Å²) in [7, 11) is -2.22. The number of nitrogens with zero attached hydrogens (tertiary/aromatic N) is 1. The van der Waals surface area contributed by atoms with Gasteiger partial charge in [-0.15, -0.1) is 0 Å². The summed E-state index contributed by atoms with van der Waals surface area (Å²) in [5, 5.41) is -0.786. The number of carbonyl (C=O) groups excluding carboxylic acids is 1. The molecule has 2 aliphatic rings. The van der Waals surface area contributed by atoms with Gasteiger partial charge >= 0.3 is 0 Å². The molecule has 2 unspecified atom stereocenters. The molecule has 7 nitrogen and oxygen atoms in total. The van der Waals surface area contributed by atoms with Crippen LogP contribution in [0.1, 0.15) is 5.56 Å². The summed E-state index contributed by atoms with van der Waals surface area (Å²) in [6.45, 7) is 0.640. The Labute approximate surface area is 135 Å². The van der Waals surface area contributed by atoms with Gasteiger partial charge in [-0.05, 0) is 18.1 Å². The first kappa shape index (κ1) is 16.4. The van der Waals surface area contributed by atoms with Crippen LogP contribution in [0.25, 0.3) is 0 Å². The first-order valence-corrected chi connectivity index (χ1v) is 9.05. The molecule has 0 radical (unpaired) electrons. The molecule has 2 heterocycles. The molecule has 1 N–H and O–H groups in total. The smallest absolute Gasteiger partial charge is 0.242 e. The number of hydrogen-bond acceptors (Lipinski definition) is 5. The van der Waals surface area contributed by atoms with Gasteiger partial charge in [0.1, 0.15) is 11.4 Å². The highest BCUT2D eigenvalue weighted by Crippen LogP contribution is 2.27. The summed E-state index contributed by atoms with van der Waals surface area (Å²) in [5.74, 6) is -0.258. The monoisotopic (exact) mass is 340 g/mol. The van der Waals surface area contributed by atoms with Crippen LogP contribution in [-0.2, 0) is 30.7 Å². The first-order chi connectivity index (χ1) is 11.0. The van der Waals surface area contributed by atoms with Gasteiger partial charge in [-0.2, -0.15) is 0 Å². The van der Waals surface area contributed by atoms with Gasteiger partial charge in [0, 0.05) is 19.3 Å². The van der Waals surface area contributed by atoms with Gasteiger partial charge in [-0.3, -0.25) is 4.79 Å². The number of nitrogens with one attached hydrogen (secondary N) is 1. The summed E-state index contributed by atoms with van der Waals surface area (Å²) in [5.41, 5.74) is 1.96. The topological polar surface area (TPSA) is 84.9 Å². The fourth-order valence-corrected chi connectivity index (χ4v) is 4.39. The molecule has 1 amide bonds. The van der Waals surface area contributed by atoms with E-state index in [1.165, 1.54) is 7.11 Å². The summed E-state index contributed by atoms with van der Waals surface area (Å²) in [4.78, 5) is 14.0. The quantitative estimate of drug-likeness (QED) is 0.810. The Morgan fingerprint density at radius 2 is 2.17 bits per heavy atom. The highest BCUT2D eigenvalue weighted by atomic mass is 32.2. The highest BCUT2D eigenvalue weighted by molar-refractivity contribution is 7.90. The van der Waals surface area contributed by atoms with Crippen molar-refractivity contribution in [1.29, 1.82) is 0 Å². The molecule has 1 aromatic rings. The minimum atomic E-state index is -3.67. The van der Waals surface area contributed by atoms with Gasteiger partial charge in [0.25, 0.3) is 0 Å². The van der Waals surface area contributed by atoms with Gasteiger partial charge in [-0.1, -0.05) is 18.2 Å². The van der Waals surface area contributed by atoms with Crippen molar-refractivity contribution in [1.82, 2.24) is 4.72 Å². The summed E-state index contributed by atoms with van der Waals surface area (Å²) in [6.07, 6.45) is 0.284. The average molecular weight is 340 g/mol. The molecule has 1 saturated heterocycles. The number of carbonyl (C=O) groups is 1. The number of para-hydroxylation sites is 1. The lowest BCUT2D eigenvalue weighted by Crippen LogP contribution is -2.46. The second-order valence-corrected chi connectivity index (χ2v) is 7.62. The van der Waals surface area contributed by atoms with Gasteiger partial charge < -0.3 is 14.4 Å². The van der Waals surface area contributed by atoms with Crippen molar-refractivity contribution in [2.45, 2.75) is 17.8 Å². The molecule has 3 rings (SSSR count). The van der Waals surface area contributed by atoms with Crippen LogP contribution in [0.4, 0.5) is 5.69 Å². The van der Waals surface area contributed by atoms with Crippen molar-refractivity contribution in [3.63, 3.8) is 0 Å². The lowest BCUT2D eigenvalue weighted by atomic mass is 10.2. The molecule has 8 heteroatoms. The van der Waals surface area contributed by atoms with Crippen molar-refractivity contribution >= 4 is 21.6 Å². The molecule has 1 aromatic carbocycles. The van der Waals surface area contributed by atoms with E-state index in [-0.39, 0.29) is 25.7 Å². The van der Waals surface area contributed by atoms with E-state index in [4.69, 9.17) is 9.47 Å². The Morgan fingerprint density at radius 3 is 2.96 bits per heavy atom. The number of ether oxygens (including phenoxy) is 2. The molecule has 23 heavy (non-hydrogen) atoms. The number of amides is 1. The van der Waals surface area contributed by atoms with Gasteiger partial charge in [-0.25, -0.2) is 13.1 Å². The van der Waals surface area contributed by atoms with E-state index in [9.17, 15) is 13.2 Å². The number of methoxy groups -OCH3 is 1. The molecular weight excluding hydrogens is 320 g/mol. The predicted octanol–water partition coefficient (Wildman–Crippen LogP) is -0.0911. The van der Waals surface area contributed by atoms with E-state index < -0.39 is 21.4 Å². The largest absolute Gasteiger partial charge is 0.378 e. The zero-order valence-corrected chi connectivity index (χ0v) is 13.7. The summed E-state index contributed by atoms with van der Waals surface area (Å²) >= 11 is 0. The molecule has 2 atom stereocenters. The van der Waals surface area contributed by atoms with Crippen LogP contribution in [0.2, 0.25) is 0 Å². The molecule has 2 aliphatic heterocycles. The Hall–Kier alpha value is -1.48. The summed E-state index contributed by atoms with van der Waals surface area (Å²) < 4.78 is 37.3. The second kappa shape index (κ2) is 6.56. The Balaban J connectivity index is 1.63. The Kier molecular flexibility index (Phi) is 4.67. The van der Waals surface area contributed by atoms with Crippen LogP contribution in [0.15, 0.2) is 24.3 Å². The molecule has 0 aliphatic carbocycles. The number of sulfonamides is 1.